The minimum absolute atomic E-state index is 0.118. The Labute approximate surface area is 197 Å². The maximum atomic E-state index is 13.2. The van der Waals surface area contributed by atoms with Crippen molar-refractivity contribution in [2.24, 2.45) is 7.05 Å². The smallest absolute Gasteiger partial charge is 0.372 e. The summed E-state index contributed by atoms with van der Waals surface area (Å²) in [5.74, 6) is 0.502. The second-order valence-corrected chi connectivity index (χ2v) is 8.43. The fourth-order valence-electron chi connectivity index (χ4n) is 4.33. The molecule has 0 spiro atoms. The fraction of sp³-hybridized carbons (Fsp3) is 0.435. The van der Waals surface area contributed by atoms with Gasteiger partial charge in [-0.1, -0.05) is 30.3 Å². The zero-order valence-corrected chi connectivity index (χ0v) is 18.7. The molecule has 4 rings (SSSR count). The van der Waals surface area contributed by atoms with Crippen LogP contribution < -0.4 is 0 Å². The average Bonchev–Trinajstić information content (AvgIpc) is 3.21. The first-order valence-electron chi connectivity index (χ1n) is 10.9. The second-order valence-electron chi connectivity index (χ2n) is 8.43. The highest BCUT2D eigenvalue weighted by atomic mass is 19.4. The van der Waals surface area contributed by atoms with E-state index in [4.69, 9.17) is 4.74 Å². The molecular weight excluding hydrogens is 476 g/mol. The zero-order chi connectivity index (χ0) is 25.2. The van der Waals surface area contributed by atoms with Crippen molar-refractivity contribution in [1.82, 2.24) is 25.1 Å². The molecule has 1 aromatic heterocycles. The normalized spacial score (nSPS) is 19.7. The van der Waals surface area contributed by atoms with Crippen molar-refractivity contribution in [2.45, 2.75) is 50.5 Å². The summed E-state index contributed by atoms with van der Waals surface area (Å²) in [7, 11) is 1.65. The molecule has 0 N–H and O–H groups in total. The lowest BCUT2D eigenvalue weighted by molar-refractivity contribution is -0.143. The molecule has 0 amide bonds. The van der Waals surface area contributed by atoms with Crippen LogP contribution in [0.1, 0.15) is 47.0 Å². The van der Waals surface area contributed by atoms with Gasteiger partial charge in [0.15, 0.2) is 5.82 Å². The van der Waals surface area contributed by atoms with E-state index < -0.39 is 36.2 Å². The standard InChI is InChI=1S/C23H23F6N5O/c1-33-31-20(30-32-33)13-34-9-5-8-19(21(34)16-6-3-2-4-7-16)35-14-15-10-17(22(24,25)26)12-18(11-15)23(27,28)29/h2-4,6-7,10-12,19,21H,5,8-9,13-14H2,1H3/t19-,21-/m0/s1. The Morgan fingerprint density at radius 1 is 0.971 bits per heavy atom. The van der Waals surface area contributed by atoms with Crippen molar-refractivity contribution in [3.05, 3.63) is 76.6 Å². The second kappa shape index (κ2) is 9.94. The van der Waals surface area contributed by atoms with Crippen LogP contribution in [0.25, 0.3) is 0 Å². The largest absolute Gasteiger partial charge is 0.416 e. The van der Waals surface area contributed by atoms with Crippen molar-refractivity contribution in [3.8, 4) is 0 Å². The van der Waals surface area contributed by atoms with Crippen LogP contribution in [0.4, 0.5) is 26.3 Å². The highest BCUT2D eigenvalue weighted by Crippen LogP contribution is 2.38. The van der Waals surface area contributed by atoms with Crippen molar-refractivity contribution in [1.29, 1.82) is 0 Å². The molecule has 12 heteroatoms. The third kappa shape index (κ3) is 6.17. The van der Waals surface area contributed by atoms with Gasteiger partial charge in [0.1, 0.15) is 0 Å². The number of ether oxygens (including phenoxy) is 1. The van der Waals surface area contributed by atoms with E-state index in [1.54, 1.807) is 7.05 Å². The monoisotopic (exact) mass is 499 g/mol. The van der Waals surface area contributed by atoms with Gasteiger partial charge < -0.3 is 4.74 Å². The summed E-state index contributed by atoms with van der Waals surface area (Å²) in [6.07, 6.45) is -8.96. The molecular formula is C23H23F6N5O. The van der Waals surface area contributed by atoms with E-state index >= 15 is 0 Å². The van der Waals surface area contributed by atoms with Crippen LogP contribution in [-0.4, -0.2) is 37.8 Å². The van der Waals surface area contributed by atoms with Crippen LogP contribution >= 0.6 is 0 Å². The first-order chi connectivity index (χ1) is 16.5. The molecule has 0 bridgehead atoms. The summed E-state index contributed by atoms with van der Waals surface area (Å²) in [5, 5.41) is 12.1. The van der Waals surface area contributed by atoms with Gasteiger partial charge in [0.05, 0.1) is 43.5 Å². The van der Waals surface area contributed by atoms with Gasteiger partial charge in [0, 0.05) is 0 Å². The fourth-order valence-corrected chi connectivity index (χ4v) is 4.33. The first-order valence-corrected chi connectivity index (χ1v) is 10.9. The summed E-state index contributed by atoms with van der Waals surface area (Å²) in [6.45, 7) is 0.673. The van der Waals surface area contributed by atoms with E-state index in [0.717, 1.165) is 12.0 Å². The van der Waals surface area contributed by atoms with Crippen molar-refractivity contribution in [3.63, 3.8) is 0 Å². The number of nitrogens with zero attached hydrogens (tertiary/aromatic N) is 5. The van der Waals surface area contributed by atoms with Gasteiger partial charge in [-0.15, -0.1) is 10.2 Å². The number of hydrogen-bond donors (Lipinski definition) is 0. The number of benzene rings is 2. The van der Waals surface area contributed by atoms with Crippen LogP contribution in [0, 0.1) is 0 Å². The molecule has 0 unspecified atom stereocenters. The van der Waals surface area contributed by atoms with Crippen LogP contribution in [0.2, 0.25) is 0 Å². The molecule has 0 radical (unpaired) electrons. The minimum Gasteiger partial charge on any atom is -0.372 e. The van der Waals surface area contributed by atoms with Crippen LogP contribution in [0.5, 0.6) is 0 Å². The molecule has 3 aromatic rings. The Balaban J connectivity index is 1.59. The lowest BCUT2D eigenvalue weighted by atomic mass is 9.92. The SMILES string of the molecule is Cn1nnc(CN2CCC[C@H](OCc3cc(C(F)(F)F)cc(C(F)(F)F)c3)[C@@H]2c2ccccc2)n1. The van der Waals surface area contributed by atoms with E-state index in [1.165, 1.54) is 4.80 Å². The highest BCUT2D eigenvalue weighted by molar-refractivity contribution is 5.33. The summed E-state index contributed by atoms with van der Waals surface area (Å²) in [6, 6.07) is 10.6. The molecule has 2 heterocycles. The molecule has 1 aliphatic heterocycles. The van der Waals surface area contributed by atoms with Gasteiger partial charge >= 0.3 is 12.4 Å². The Kier molecular flexibility index (Phi) is 7.13. The van der Waals surface area contributed by atoms with E-state index in [0.29, 0.717) is 37.5 Å². The maximum absolute atomic E-state index is 13.2. The number of alkyl halides is 6. The molecule has 2 atom stereocenters. The molecule has 2 aromatic carbocycles. The number of tetrazole rings is 1. The Morgan fingerprint density at radius 2 is 1.63 bits per heavy atom. The zero-order valence-electron chi connectivity index (χ0n) is 18.7. The number of piperidine rings is 1. The van der Waals surface area contributed by atoms with Crippen molar-refractivity contribution in [2.75, 3.05) is 6.54 Å². The molecule has 1 saturated heterocycles. The van der Waals surface area contributed by atoms with Crippen molar-refractivity contribution < 1.29 is 31.1 Å². The third-order valence-corrected chi connectivity index (χ3v) is 5.83. The third-order valence-electron chi connectivity index (χ3n) is 5.83. The predicted octanol–water partition coefficient (Wildman–Crippen LogP) is 5.17. The van der Waals surface area contributed by atoms with Crippen molar-refractivity contribution >= 4 is 0 Å². The summed E-state index contributed by atoms with van der Waals surface area (Å²) in [4.78, 5) is 3.43. The van der Waals surface area contributed by atoms with Crippen LogP contribution in [-0.2, 0) is 37.3 Å². The highest BCUT2D eigenvalue weighted by Gasteiger charge is 2.38. The first kappa shape index (κ1) is 25.1. The molecule has 35 heavy (non-hydrogen) atoms. The summed E-state index contributed by atoms with van der Waals surface area (Å²) < 4.78 is 85.5. The maximum Gasteiger partial charge on any atom is 0.416 e. The van der Waals surface area contributed by atoms with E-state index in [9.17, 15) is 26.3 Å². The molecule has 1 fully saturated rings. The number of hydrogen-bond acceptors (Lipinski definition) is 5. The molecule has 0 aliphatic carbocycles. The molecule has 1 aliphatic rings. The van der Waals surface area contributed by atoms with Gasteiger partial charge in [-0.25, -0.2) is 0 Å². The van der Waals surface area contributed by atoms with E-state index in [-0.39, 0.29) is 17.7 Å². The van der Waals surface area contributed by atoms with E-state index in [2.05, 4.69) is 20.3 Å². The van der Waals surface area contributed by atoms with Crippen LogP contribution in [0.15, 0.2) is 48.5 Å². The van der Waals surface area contributed by atoms with Gasteiger partial charge in [0.25, 0.3) is 0 Å². The topological polar surface area (TPSA) is 56.1 Å². The lowest BCUT2D eigenvalue weighted by Gasteiger charge is -2.41. The number of rotatable bonds is 6. The Morgan fingerprint density at radius 3 is 2.20 bits per heavy atom. The summed E-state index contributed by atoms with van der Waals surface area (Å²) >= 11 is 0. The number of likely N-dealkylation sites (tertiary alicyclic amines) is 1. The van der Waals surface area contributed by atoms with Gasteiger partial charge in [-0.2, -0.15) is 31.1 Å². The number of aromatic nitrogens is 4. The minimum atomic E-state index is -4.91. The molecule has 188 valence electrons. The van der Waals surface area contributed by atoms with Gasteiger partial charge in [0.2, 0.25) is 0 Å². The predicted molar refractivity (Wildman–Crippen MR) is 113 cm³/mol. The van der Waals surface area contributed by atoms with Gasteiger partial charge in [-0.05, 0) is 53.9 Å². The van der Waals surface area contributed by atoms with Crippen LogP contribution in [0.3, 0.4) is 0 Å². The quantitative estimate of drug-likeness (QED) is 0.438. The van der Waals surface area contributed by atoms with Gasteiger partial charge in [-0.3, -0.25) is 4.90 Å². The Bertz CT molecular complexity index is 1100. The lowest BCUT2D eigenvalue weighted by Crippen LogP contribution is -2.42. The molecule has 6 nitrogen and oxygen atoms in total. The Hall–Kier alpha value is -2.99. The summed E-state index contributed by atoms with van der Waals surface area (Å²) in [5.41, 5.74) is -1.98. The number of aryl methyl sites for hydroxylation is 1. The van der Waals surface area contributed by atoms with E-state index in [1.807, 2.05) is 30.3 Å². The number of halogens is 6. The average molecular weight is 499 g/mol. The molecule has 0 saturated carbocycles.